The molecule has 1 atom stereocenters. The number of aromatic nitrogens is 2. The zero-order valence-corrected chi connectivity index (χ0v) is 11.1. The summed E-state index contributed by atoms with van der Waals surface area (Å²) in [4.78, 5) is 21.2. The lowest BCUT2D eigenvalue weighted by molar-refractivity contribution is -0.137. The molecular formula is C13H19N3O3. The van der Waals surface area contributed by atoms with E-state index in [0.717, 1.165) is 31.7 Å². The number of nitrogens with zero attached hydrogens (tertiary/aromatic N) is 3. The Morgan fingerprint density at radius 3 is 3.16 bits per heavy atom. The first-order chi connectivity index (χ1) is 9.19. The summed E-state index contributed by atoms with van der Waals surface area (Å²) in [5.74, 6) is 1.04. The lowest BCUT2D eigenvalue weighted by atomic mass is 10.0. The summed E-state index contributed by atoms with van der Waals surface area (Å²) in [6.07, 6.45) is 5.30. The maximum Gasteiger partial charge on any atom is 0.303 e. The Labute approximate surface area is 112 Å². The second-order valence-electron chi connectivity index (χ2n) is 4.68. The number of ether oxygens (including phenoxy) is 1. The van der Waals surface area contributed by atoms with Crippen molar-refractivity contribution in [3.05, 3.63) is 12.4 Å². The van der Waals surface area contributed by atoms with E-state index in [1.54, 1.807) is 12.4 Å². The topological polar surface area (TPSA) is 75.5 Å². The van der Waals surface area contributed by atoms with Gasteiger partial charge in [0.25, 0.3) is 0 Å². The predicted molar refractivity (Wildman–Crippen MR) is 70.4 cm³/mol. The fourth-order valence-electron chi connectivity index (χ4n) is 2.31. The molecule has 6 nitrogen and oxygen atoms in total. The molecule has 1 fully saturated rings. The number of carboxylic acid groups (broad SMARTS) is 1. The van der Waals surface area contributed by atoms with Crippen LogP contribution in [0.4, 0.5) is 5.82 Å². The van der Waals surface area contributed by atoms with Gasteiger partial charge in [0.05, 0.1) is 19.0 Å². The fraction of sp³-hybridized carbons (Fsp3) is 0.615. The Kier molecular flexibility index (Phi) is 4.54. The van der Waals surface area contributed by atoms with Crippen molar-refractivity contribution in [3.63, 3.8) is 0 Å². The van der Waals surface area contributed by atoms with Gasteiger partial charge in [0.2, 0.25) is 5.88 Å². The van der Waals surface area contributed by atoms with E-state index in [9.17, 15) is 4.79 Å². The summed E-state index contributed by atoms with van der Waals surface area (Å²) < 4.78 is 5.33. The van der Waals surface area contributed by atoms with Crippen LogP contribution in [-0.2, 0) is 4.79 Å². The second-order valence-corrected chi connectivity index (χ2v) is 4.68. The predicted octanol–water partition coefficient (Wildman–Crippen LogP) is 1.57. The van der Waals surface area contributed by atoms with Gasteiger partial charge in [-0.1, -0.05) is 0 Å². The Morgan fingerprint density at radius 2 is 2.42 bits per heavy atom. The summed E-state index contributed by atoms with van der Waals surface area (Å²) in [7, 11) is 0. The Morgan fingerprint density at radius 1 is 1.58 bits per heavy atom. The van der Waals surface area contributed by atoms with Crippen molar-refractivity contribution in [2.24, 2.45) is 5.92 Å². The maximum absolute atomic E-state index is 10.6. The van der Waals surface area contributed by atoms with Crippen LogP contribution in [0.25, 0.3) is 0 Å². The highest BCUT2D eigenvalue weighted by Gasteiger charge is 2.24. The average Bonchev–Trinajstić information content (AvgIpc) is 2.86. The van der Waals surface area contributed by atoms with E-state index in [0.29, 0.717) is 18.4 Å². The van der Waals surface area contributed by atoms with E-state index in [-0.39, 0.29) is 6.42 Å². The molecule has 0 saturated carbocycles. The van der Waals surface area contributed by atoms with E-state index in [1.165, 1.54) is 0 Å². The van der Waals surface area contributed by atoms with E-state index in [4.69, 9.17) is 9.84 Å². The second kappa shape index (κ2) is 6.36. The number of carbonyl (C=O) groups is 1. The van der Waals surface area contributed by atoms with E-state index in [1.807, 2.05) is 6.92 Å². The maximum atomic E-state index is 10.6. The highest BCUT2D eigenvalue weighted by Crippen LogP contribution is 2.25. The van der Waals surface area contributed by atoms with Crippen LogP contribution in [0.1, 0.15) is 26.2 Å². The van der Waals surface area contributed by atoms with Crippen molar-refractivity contribution in [3.8, 4) is 5.88 Å². The zero-order chi connectivity index (χ0) is 13.7. The lowest BCUT2D eigenvalue weighted by Crippen LogP contribution is -2.21. The van der Waals surface area contributed by atoms with Gasteiger partial charge in [-0.05, 0) is 25.7 Å². The van der Waals surface area contributed by atoms with Gasteiger partial charge < -0.3 is 14.7 Å². The van der Waals surface area contributed by atoms with Gasteiger partial charge >= 0.3 is 5.97 Å². The first kappa shape index (κ1) is 13.6. The summed E-state index contributed by atoms with van der Waals surface area (Å²) >= 11 is 0. The number of hydrogen-bond donors (Lipinski definition) is 1. The van der Waals surface area contributed by atoms with Crippen LogP contribution in [0.5, 0.6) is 5.88 Å². The molecule has 0 aliphatic carbocycles. The SMILES string of the molecule is CCOc1cncc(N2CCC(CCC(=O)O)C2)n1. The summed E-state index contributed by atoms with van der Waals surface area (Å²) in [6, 6.07) is 0. The molecule has 104 valence electrons. The number of carboxylic acids is 1. The largest absolute Gasteiger partial charge is 0.481 e. The van der Waals surface area contributed by atoms with E-state index in [2.05, 4.69) is 14.9 Å². The van der Waals surface area contributed by atoms with Gasteiger partial charge in [-0.25, -0.2) is 0 Å². The third-order valence-electron chi connectivity index (χ3n) is 3.27. The molecule has 6 heteroatoms. The molecular weight excluding hydrogens is 246 g/mol. The quantitative estimate of drug-likeness (QED) is 0.841. The minimum Gasteiger partial charge on any atom is -0.481 e. The third-order valence-corrected chi connectivity index (χ3v) is 3.27. The molecule has 1 aliphatic rings. The molecule has 0 amide bonds. The summed E-state index contributed by atoms with van der Waals surface area (Å²) in [5, 5.41) is 8.70. The highest BCUT2D eigenvalue weighted by atomic mass is 16.5. The average molecular weight is 265 g/mol. The van der Waals surface area contributed by atoms with Crippen molar-refractivity contribution in [2.75, 3.05) is 24.6 Å². The first-order valence-corrected chi connectivity index (χ1v) is 6.60. The molecule has 2 rings (SSSR count). The molecule has 2 heterocycles. The van der Waals surface area contributed by atoms with Crippen LogP contribution in [-0.4, -0.2) is 40.7 Å². The van der Waals surface area contributed by atoms with Crippen LogP contribution in [0.15, 0.2) is 12.4 Å². The van der Waals surface area contributed by atoms with Gasteiger partial charge in [0.15, 0.2) is 5.82 Å². The van der Waals surface area contributed by atoms with Crippen LogP contribution < -0.4 is 9.64 Å². The van der Waals surface area contributed by atoms with Crippen molar-refractivity contribution in [1.82, 2.24) is 9.97 Å². The molecule has 1 saturated heterocycles. The molecule has 0 bridgehead atoms. The Hall–Kier alpha value is -1.85. The number of aliphatic carboxylic acids is 1. The van der Waals surface area contributed by atoms with Crippen molar-refractivity contribution in [2.45, 2.75) is 26.2 Å². The van der Waals surface area contributed by atoms with Gasteiger partial charge in [0.1, 0.15) is 0 Å². The van der Waals surface area contributed by atoms with Crippen LogP contribution >= 0.6 is 0 Å². The van der Waals surface area contributed by atoms with Gasteiger partial charge in [0, 0.05) is 19.5 Å². The molecule has 1 aliphatic heterocycles. The van der Waals surface area contributed by atoms with Gasteiger partial charge in [-0.2, -0.15) is 4.98 Å². The Balaban J connectivity index is 1.92. The molecule has 19 heavy (non-hydrogen) atoms. The number of hydrogen-bond acceptors (Lipinski definition) is 5. The molecule has 1 unspecified atom stereocenters. The van der Waals surface area contributed by atoms with Crippen LogP contribution in [0, 0.1) is 5.92 Å². The lowest BCUT2D eigenvalue weighted by Gasteiger charge is -2.17. The summed E-state index contributed by atoms with van der Waals surface area (Å²) in [6.45, 7) is 4.22. The Bertz CT molecular complexity index is 439. The zero-order valence-electron chi connectivity index (χ0n) is 11.1. The monoisotopic (exact) mass is 265 g/mol. The summed E-state index contributed by atoms with van der Waals surface area (Å²) in [5.41, 5.74) is 0. The minimum absolute atomic E-state index is 0.239. The van der Waals surface area contributed by atoms with Crippen molar-refractivity contribution < 1.29 is 14.6 Å². The highest BCUT2D eigenvalue weighted by molar-refractivity contribution is 5.66. The van der Waals surface area contributed by atoms with Gasteiger partial charge in [-0.15, -0.1) is 0 Å². The number of anilines is 1. The van der Waals surface area contributed by atoms with Crippen LogP contribution in [0.2, 0.25) is 0 Å². The molecule has 1 N–H and O–H groups in total. The van der Waals surface area contributed by atoms with Crippen LogP contribution in [0.3, 0.4) is 0 Å². The van der Waals surface area contributed by atoms with Crippen molar-refractivity contribution >= 4 is 11.8 Å². The van der Waals surface area contributed by atoms with Crippen molar-refractivity contribution in [1.29, 1.82) is 0 Å². The third kappa shape index (κ3) is 3.81. The fourth-order valence-corrected chi connectivity index (χ4v) is 2.31. The molecule has 0 spiro atoms. The minimum atomic E-state index is -0.725. The van der Waals surface area contributed by atoms with E-state index >= 15 is 0 Å². The van der Waals surface area contributed by atoms with E-state index < -0.39 is 5.97 Å². The van der Waals surface area contributed by atoms with Gasteiger partial charge in [-0.3, -0.25) is 9.78 Å². The smallest absolute Gasteiger partial charge is 0.303 e. The first-order valence-electron chi connectivity index (χ1n) is 6.60. The standard InChI is InChI=1S/C13H19N3O3/c1-2-19-12-8-14-7-11(15-12)16-6-5-10(9-16)3-4-13(17)18/h7-8,10H,2-6,9H2,1H3,(H,17,18). The number of rotatable bonds is 6. The normalized spacial score (nSPS) is 18.6. The molecule has 1 aromatic rings. The molecule has 0 radical (unpaired) electrons. The molecule has 1 aromatic heterocycles. The molecule has 0 aromatic carbocycles.